The summed E-state index contributed by atoms with van der Waals surface area (Å²) in [5.41, 5.74) is 13.8. The lowest BCUT2D eigenvalue weighted by Crippen LogP contribution is -2.09. The SMILES string of the molecule is CCCCC(CCSC(N=N)=NN)SC(N=N)=NN. The zero-order valence-corrected chi connectivity index (χ0v) is 12.5. The highest BCUT2D eigenvalue weighted by molar-refractivity contribution is 8.15. The van der Waals surface area contributed by atoms with Crippen molar-refractivity contribution in [2.24, 2.45) is 32.1 Å². The summed E-state index contributed by atoms with van der Waals surface area (Å²) in [4.78, 5) is 0. The van der Waals surface area contributed by atoms with Gasteiger partial charge in [-0.05, 0) is 12.8 Å². The molecule has 0 heterocycles. The average Bonchev–Trinajstić information content (AvgIpc) is 2.45. The molecule has 0 rings (SSSR count). The van der Waals surface area contributed by atoms with Gasteiger partial charge >= 0.3 is 0 Å². The molecule has 0 radical (unpaired) electrons. The molecule has 0 fully saturated rings. The van der Waals surface area contributed by atoms with Crippen molar-refractivity contribution in [2.75, 3.05) is 5.75 Å². The molecule has 0 aliphatic rings. The molecule has 8 nitrogen and oxygen atoms in total. The van der Waals surface area contributed by atoms with Crippen LogP contribution in [0.2, 0.25) is 0 Å². The molecule has 0 aromatic carbocycles. The summed E-state index contributed by atoms with van der Waals surface area (Å²) in [7, 11) is 0. The van der Waals surface area contributed by atoms with Crippen molar-refractivity contribution in [3.05, 3.63) is 0 Å². The van der Waals surface area contributed by atoms with Crippen molar-refractivity contribution in [3.63, 3.8) is 0 Å². The van der Waals surface area contributed by atoms with Gasteiger partial charge in [-0.3, -0.25) is 0 Å². The molecule has 0 saturated heterocycles. The zero-order valence-electron chi connectivity index (χ0n) is 10.9. The Hall–Kier alpha value is -1.16. The fourth-order valence-corrected chi connectivity index (χ4v) is 3.11. The van der Waals surface area contributed by atoms with Crippen LogP contribution >= 0.6 is 23.5 Å². The second kappa shape index (κ2) is 11.9. The Morgan fingerprint density at radius 1 is 1.11 bits per heavy atom. The molecule has 108 valence electrons. The molecular weight excluding hydrogens is 284 g/mol. The lowest BCUT2D eigenvalue weighted by atomic mass is 10.2. The second-order valence-corrected chi connectivity index (χ2v) is 5.90. The standard InChI is InChI=1S/C9H20N8S2/c1-2-3-4-7(19-9(16-12)17-13)5-6-18-8(14-10)15-11/h7,10,12H,2-6,11,13H2,1H3. The van der Waals surface area contributed by atoms with Gasteiger partial charge in [0.2, 0.25) is 10.3 Å². The van der Waals surface area contributed by atoms with Gasteiger partial charge in [0.15, 0.2) is 0 Å². The van der Waals surface area contributed by atoms with E-state index in [1.807, 2.05) is 0 Å². The van der Waals surface area contributed by atoms with E-state index < -0.39 is 0 Å². The maximum absolute atomic E-state index is 6.95. The van der Waals surface area contributed by atoms with Crippen LogP contribution in [0.4, 0.5) is 0 Å². The highest BCUT2D eigenvalue weighted by atomic mass is 32.2. The first-order chi connectivity index (χ1) is 9.21. The average molecular weight is 304 g/mol. The predicted octanol–water partition coefficient (Wildman–Crippen LogP) is 2.92. The van der Waals surface area contributed by atoms with Gasteiger partial charge in [-0.2, -0.15) is 10.2 Å². The van der Waals surface area contributed by atoms with Crippen LogP contribution in [-0.4, -0.2) is 21.3 Å². The highest BCUT2D eigenvalue weighted by Crippen LogP contribution is 2.24. The van der Waals surface area contributed by atoms with Crippen molar-refractivity contribution in [2.45, 2.75) is 37.9 Å². The Labute approximate surface area is 121 Å². The van der Waals surface area contributed by atoms with Crippen LogP contribution < -0.4 is 11.7 Å². The van der Waals surface area contributed by atoms with E-state index >= 15 is 0 Å². The number of hydrogen-bond acceptors (Lipinski definition) is 8. The zero-order chi connectivity index (χ0) is 14.5. The fraction of sp³-hybridized carbons (Fsp3) is 0.778. The summed E-state index contributed by atoms with van der Waals surface area (Å²) in [6.07, 6.45) is 4.07. The monoisotopic (exact) mass is 304 g/mol. The molecule has 1 atom stereocenters. The maximum atomic E-state index is 6.95. The van der Waals surface area contributed by atoms with Gasteiger partial charge in [0, 0.05) is 11.0 Å². The summed E-state index contributed by atoms with van der Waals surface area (Å²) >= 11 is 2.74. The molecule has 19 heavy (non-hydrogen) atoms. The van der Waals surface area contributed by atoms with E-state index in [-0.39, 0.29) is 15.6 Å². The number of hydrogen-bond donors (Lipinski definition) is 4. The highest BCUT2D eigenvalue weighted by Gasteiger charge is 2.13. The molecule has 0 aliphatic heterocycles. The smallest absolute Gasteiger partial charge is 0.226 e. The molecule has 10 heteroatoms. The third-order valence-corrected chi connectivity index (χ3v) is 4.34. The van der Waals surface area contributed by atoms with Crippen molar-refractivity contribution in [3.8, 4) is 0 Å². The minimum atomic E-state index is 0.261. The van der Waals surface area contributed by atoms with Crippen LogP contribution in [0.5, 0.6) is 0 Å². The molecule has 0 saturated carbocycles. The van der Waals surface area contributed by atoms with Crippen molar-refractivity contribution in [1.29, 1.82) is 11.1 Å². The van der Waals surface area contributed by atoms with Crippen LogP contribution in [0.3, 0.4) is 0 Å². The summed E-state index contributed by atoms with van der Waals surface area (Å²) in [6, 6.07) is 0. The van der Waals surface area contributed by atoms with Crippen LogP contribution in [0.25, 0.3) is 0 Å². The largest absolute Gasteiger partial charge is 0.321 e. The Morgan fingerprint density at radius 2 is 1.74 bits per heavy atom. The third kappa shape index (κ3) is 8.54. The Balaban J connectivity index is 4.26. The minimum absolute atomic E-state index is 0.261. The van der Waals surface area contributed by atoms with E-state index in [9.17, 15) is 0 Å². The van der Waals surface area contributed by atoms with Gasteiger partial charge in [0.05, 0.1) is 0 Å². The molecule has 0 aromatic rings. The molecule has 0 bridgehead atoms. The number of unbranched alkanes of at least 4 members (excludes halogenated alkanes) is 1. The summed E-state index contributed by atoms with van der Waals surface area (Å²) in [5, 5.41) is 14.1. The van der Waals surface area contributed by atoms with Gasteiger partial charge in [0.1, 0.15) is 0 Å². The van der Waals surface area contributed by atoms with Gasteiger partial charge < -0.3 is 11.7 Å². The van der Waals surface area contributed by atoms with Gasteiger partial charge in [-0.1, -0.05) is 43.3 Å². The van der Waals surface area contributed by atoms with Gasteiger partial charge in [0.25, 0.3) is 0 Å². The van der Waals surface area contributed by atoms with E-state index in [0.717, 1.165) is 31.4 Å². The summed E-state index contributed by atoms with van der Waals surface area (Å²) < 4.78 is 0. The van der Waals surface area contributed by atoms with Crippen LogP contribution in [0, 0.1) is 11.1 Å². The molecule has 0 amide bonds. The Bertz CT molecular complexity index is 330. The number of thioether (sulfide) groups is 2. The lowest BCUT2D eigenvalue weighted by Gasteiger charge is -2.14. The Morgan fingerprint density at radius 3 is 2.21 bits per heavy atom. The van der Waals surface area contributed by atoms with E-state index in [4.69, 9.17) is 22.7 Å². The van der Waals surface area contributed by atoms with Crippen molar-refractivity contribution in [1.82, 2.24) is 0 Å². The van der Waals surface area contributed by atoms with E-state index in [2.05, 4.69) is 27.4 Å². The number of nitrogens with one attached hydrogen (secondary N) is 2. The molecule has 6 N–H and O–H groups in total. The number of nitrogens with zero attached hydrogens (tertiary/aromatic N) is 4. The molecule has 0 aliphatic carbocycles. The Kier molecular flexibility index (Phi) is 11.2. The van der Waals surface area contributed by atoms with Crippen LogP contribution in [-0.2, 0) is 0 Å². The lowest BCUT2D eigenvalue weighted by molar-refractivity contribution is 0.675. The normalized spacial score (nSPS) is 14.2. The van der Waals surface area contributed by atoms with E-state index in [0.29, 0.717) is 0 Å². The first kappa shape index (κ1) is 17.8. The molecule has 0 spiro atoms. The molecule has 0 aromatic heterocycles. The maximum Gasteiger partial charge on any atom is 0.226 e. The first-order valence-electron chi connectivity index (χ1n) is 5.81. The number of hydrazone groups is 2. The molecular formula is C9H20N8S2. The number of amidine groups is 2. The van der Waals surface area contributed by atoms with Crippen molar-refractivity contribution >= 4 is 33.9 Å². The van der Waals surface area contributed by atoms with Gasteiger partial charge in [-0.15, -0.1) is 10.2 Å². The minimum Gasteiger partial charge on any atom is -0.321 e. The van der Waals surface area contributed by atoms with E-state index in [1.54, 1.807) is 0 Å². The summed E-state index contributed by atoms with van der Waals surface area (Å²) in [6.45, 7) is 2.13. The quantitative estimate of drug-likeness (QED) is 0.188. The van der Waals surface area contributed by atoms with Crippen LogP contribution in [0.15, 0.2) is 20.4 Å². The topological polar surface area (TPSA) is 149 Å². The number of rotatable bonds is 7. The van der Waals surface area contributed by atoms with Crippen molar-refractivity contribution < 1.29 is 0 Å². The third-order valence-electron chi connectivity index (χ3n) is 2.23. The number of nitrogens with two attached hydrogens (primary N) is 2. The van der Waals surface area contributed by atoms with E-state index in [1.165, 1.54) is 23.5 Å². The fourth-order valence-electron chi connectivity index (χ4n) is 1.31. The van der Waals surface area contributed by atoms with Crippen LogP contribution in [0.1, 0.15) is 32.6 Å². The summed E-state index contributed by atoms with van der Waals surface area (Å²) in [5.74, 6) is 11.0. The predicted molar refractivity (Wildman–Crippen MR) is 81.5 cm³/mol. The first-order valence-corrected chi connectivity index (χ1v) is 7.68. The van der Waals surface area contributed by atoms with Gasteiger partial charge in [-0.25, -0.2) is 11.1 Å². The molecule has 1 unspecified atom stereocenters. The second-order valence-electron chi connectivity index (χ2n) is 3.57.